The van der Waals surface area contributed by atoms with E-state index >= 15 is 0 Å². The minimum absolute atomic E-state index is 0.0843. The van der Waals surface area contributed by atoms with Gasteiger partial charge in [-0.3, -0.25) is 0 Å². The van der Waals surface area contributed by atoms with Gasteiger partial charge in [0.15, 0.2) is 0 Å². The van der Waals surface area contributed by atoms with Gasteiger partial charge in [-0.1, -0.05) is 6.92 Å². The first-order valence-corrected chi connectivity index (χ1v) is 5.40. The highest BCUT2D eigenvalue weighted by atomic mass is 19.3. The highest BCUT2D eigenvalue weighted by molar-refractivity contribution is 4.82. The Bertz CT molecular complexity index is 166. The summed E-state index contributed by atoms with van der Waals surface area (Å²) in [5.74, 6) is -3.00. The van der Waals surface area contributed by atoms with E-state index in [1.807, 2.05) is 0 Å². The molecule has 0 aliphatic carbocycles. The first kappa shape index (κ1) is 11.9. The fourth-order valence-electron chi connectivity index (χ4n) is 2.07. The van der Waals surface area contributed by atoms with Crippen molar-refractivity contribution in [3.63, 3.8) is 0 Å². The Hall–Kier alpha value is -0.220. The predicted molar refractivity (Wildman–Crippen MR) is 53.5 cm³/mol. The lowest BCUT2D eigenvalue weighted by atomic mass is 9.89. The molecule has 0 aromatic heterocycles. The fourth-order valence-corrected chi connectivity index (χ4v) is 2.07. The molecule has 0 spiro atoms. The summed E-state index contributed by atoms with van der Waals surface area (Å²) >= 11 is 0. The second-order valence-corrected chi connectivity index (χ2v) is 4.01. The van der Waals surface area contributed by atoms with Gasteiger partial charge < -0.3 is 10.6 Å². The van der Waals surface area contributed by atoms with E-state index in [1.165, 1.54) is 0 Å². The van der Waals surface area contributed by atoms with Crippen molar-refractivity contribution in [3.05, 3.63) is 0 Å². The molecule has 0 atom stereocenters. The van der Waals surface area contributed by atoms with Crippen LogP contribution in [-0.4, -0.2) is 37.0 Å². The van der Waals surface area contributed by atoms with Gasteiger partial charge in [-0.2, -0.15) is 0 Å². The zero-order chi connectivity index (χ0) is 10.6. The predicted octanol–water partition coefficient (Wildman–Crippen LogP) is 1.70. The van der Waals surface area contributed by atoms with Crippen molar-refractivity contribution in [1.82, 2.24) is 4.90 Å². The van der Waals surface area contributed by atoms with Crippen molar-refractivity contribution in [2.75, 3.05) is 26.2 Å². The number of alkyl halides is 2. The Morgan fingerprint density at radius 2 is 1.93 bits per heavy atom. The normalized spacial score (nSPS) is 21.4. The molecule has 0 aromatic carbocycles. The zero-order valence-electron chi connectivity index (χ0n) is 8.81. The maximum absolute atomic E-state index is 13.4. The quantitative estimate of drug-likeness (QED) is 0.758. The topological polar surface area (TPSA) is 29.3 Å². The number of rotatable bonds is 4. The van der Waals surface area contributed by atoms with Crippen LogP contribution < -0.4 is 5.73 Å². The van der Waals surface area contributed by atoms with Crippen LogP contribution in [0.5, 0.6) is 0 Å². The van der Waals surface area contributed by atoms with Crippen LogP contribution in [0.4, 0.5) is 8.78 Å². The summed E-state index contributed by atoms with van der Waals surface area (Å²) in [6.07, 6.45) is 1.06. The van der Waals surface area contributed by atoms with Crippen LogP contribution in [-0.2, 0) is 0 Å². The molecule has 84 valence electrons. The highest BCUT2D eigenvalue weighted by Crippen LogP contribution is 2.35. The third-order valence-corrected chi connectivity index (χ3v) is 3.11. The second kappa shape index (κ2) is 5.03. The van der Waals surface area contributed by atoms with Crippen molar-refractivity contribution < 1.29 is 8.78 Å². The van der Waals surface area contributed by atoms with E-state index in [0.29, 0.717) is 12.8 Å². The molecule has 14 heavy (non-hydrogen) atoms. The number of hydrogen-bond donors (Lipinski definition) is 1. The van der Waals surface area contributed by atoms with E-state index < -0.39 is 11.8 Å². The first-order chi connectivity index (χ1) is 6.60. The van der Waals surface area contributed by atoms with Crippen LogP contribution in [0.15, 0.2) is 0 Å². The average molecular weight is 206 g/mol. The molecule has 0 saturated carbocycles. The summed E-state index contributed by atoms with van der Waals surface area (Å²) in [5, 5.41) is 0. The number of nitrogens with zero attached hydrogens (tertiary/aromatic N) is 1. The summed E-state index contributed by atoms with van der Waals surface area (Å²) in [6.45, 7) is 4.73. The van der Waals surface area contributed by atoms with Gasteiger partial charge in [-0.25, -0.2) is 8.78 Å². The van der Waals surface area contributed by atoms with Gasteiger partial charge in [-0.05, 0) is 39.0 Å². The minimum Gasteiger partial charge on any atom is -0.330 e. The van der Waals surface area contributed by atoms with Gasteiger partial charge in [0, 0.05) is 12.3 Å². The molecule has 2 nitrogen and oxygen atoms in total. The largest absolute Gasteiger partial charge is 0.330 e. The maximum atomic E-state index is 13.4. The number of halogens is 2. The van der Waals surface area contributed by atoms with Gasteiger partial charge in [0.25, 0.3) is 5.92 Å². The van der Waals surface area contributed by atoms with Gasteiger partial charge in [0.1, 0.15) is 0 Å². The Kier molecular flexibility index (Phi) is 4.26. The molecule has 4 heteroatoms. The molecule has 0 aromatic rings. The van der Waals surface area contributed by atoms with Gasteiger partial charge in [0.2, 0.25) is 0 Å². The summed E-state index contributed by atoms with van der Waals surface area (Å²) in [7, 11) is 0. The third-order valence-electron chi connectivity index (χ3n) is 3.11. The molecule has 1 aliphatic rings. The lowest BCUT2D eigenvalue weighted by Gasteiger charge is -2.35. The molecule has 0 amide bonds. The summed E-state index contributed by atoms with van der Waals surface area (Å²) in [4.78, 5) is 2.22. The van der Waals surface area contributed by atoms with Crippen LogP contribution in [0.1, 0.15) is 26.2 Å². The van der Waals surface area contributed by atoms with E-state index in [-0.39, 0.29) is 13.0 Å². The van der Waals surface area contributed by atoms with E-state index in [2.05, 4.69) is 11.8 Å². The summed E-state index contributed by atoms with van der Waals surface area (Å²) < 4.78 is 26.9. The van der Waals surface area contributed by atoms with Gasteiger partial charge in [0.05, 0.1) is 0 Å². The van der Waals surface area contributed by atoms with Crippen LogP contribution in [0.2, 0.25) is 0 Å². The second-order valence-electron chi connectivity index (χ2n) is 4.01. The molecule has 2 N–H and O–H groups in total. The van der Waals surface area contributed by atoms with Crippen LogP contribution >= 0.6 is 0 Å². The molecular weight excluding hydrogens is 186 g/mol. The monoisotopic (exact) mass is 206 g/mol. The minimum atomic E-state index is -2.55. The van der Waals surface area contributed by atoms with Crippen molar-refractivity contribution in [3.8, 4) is 0 Å². The lowest BCUT2D eigenvalue weighted by Crippen LogP contribution is -2.41. The standard InChI is InChI=1S/C10H20F2N2/c1-2-14-7-3-9(4-8-14)10(11,12)5-6-13/h9H,2-8,13H2,1H3. The maximum Gasteiger partial charge on any atom is 0.252 e. The number of nitrogens with two attached hydrogens (primary N) is 1. The van der Waals surface area contributed by atoms with Crippen molar-refractivity contribution >= 4 is 0 Å². The Morgan fingerprint density at radius 3 is 2.36 bits per heavy atom. The van der Waals surface area contributed by atoms with E-state index in [1.54, 1.807) is 0 Å². The van der Waals surface area contributed by atoms with Crippen LogP contribution in [0.3, 0.4) is 0 Å². The summed E-state index contributed by atoms with van der Waals surface area (Å²) in [5.41, 5.74) is 5.18. The first-order valence-electron chi connectivity index (χ1n) is 5.40. The molecule has 1 saturated heterocycles. The van der Waals surface area contributed by atoms with Crippen molar-refractivity contribution in [2.45, 2.75) is 32.1 Å². The molecule has 1 aliphatic heterocycles. The molecule has 0 unspecified atom stereocenters. The number of hydrogen-bond acceptors (Lipinski definition) is 2. The Balaban J connectivity index is 2.40. The van der Waals surface area contributed by atoms with E-state index in [4.69, 9.17) is 5.73 Å². The van der Waals surface area contributed by atoms with Gasteiger partial charge >= 0.3 is 0 Å². The number of likely N-dealkylation sites (tertiary alicyclic amines) is 1. The molecule has 0 radical (unpaired) electrons. The molecule has 1 rings (SSSR count). The third kappa shape index (κ3) is 2.89. The Labute approximate surface area is 84.4 Å². The van der Waals surface area contributed by atoms with Gasteiger partial charge in [-0.15, -0.1) is 0 Å². The zero-order valence-corrected chi connectivity index (χ0v) is 8.81. The van der Waals surface area contributed by atoms with E-state index in [0.717, 1.165) is 19.6 Å². The fraction of sp³-hybridized carbons (Fsp3) is 1.00. The average Bonchev–Trinajstić information content (AvgIpc) is 2.18. The highest BCUT2D eigenvalue weighted by Gasteiger charge is 2.39. The smallest absolute Gasteiger partial charge is 0.252 e. The van der Waals surface area contributed by atoms with Crippen molar-refractivity contribution in [1.29, 1.82) is 0 Å². The van der Waals surface area contributed by atoms with Crippen LogP contribution in [0, 0.1) is 5.92 Å². The Morgan fingerprint density at radius 1 is 1.36 bits per heavy atom. The SMILES string of the molecule is CCN1CCC(C(F)(F)CCN)CC1. The molecule has 1 heterocycles. The van der Waals surface area contributed by atoms with Crippen molar-refractivity contribution in [2.24, 2.45) is 11.7 Å². The molecule has 1 fully saturated rings. The molecule has 0 bridgehead atoms. The summed E-state index contributed by atoms with van der Waals surface area (Å²) in [6, 6.07) is 0. The lowest BCUT2D eigenvalue weighted by molar-refractivity contribution is -0.0822. The van der Waals surface area contributed by atoms with Crippen LogP contribution in [0.25, 0.3) is 0 Å². The number of piperidine rings is 1. The molecular formula is C10H20F2N2. The van der Waals surface area contributed by atoms with E-state index in [9.17, 15) is 8.78 Å².